The van der Waals surface area contributed by atoms with Crippen molar-refractivity contribution >= 4 is 11.6 Å². The van der Waals surface area contributed by atoms with E-state index in [4.69, 9.17) is 0 Å². The number of pyridine rings is 1. The van der Waals surface area contributed by atoms with E-state index >= 15 is 0 Å². The van der Waals surface area contributed by atoms with Crippen molar-refractivity contribution in [3.8, 4) is 0 Å². The highest BCUT2D eigenvalue weighted by Gasteiger charge is 2.18. The van der Waals surface area contributed by atoms with E-state index in [0.717, 1.165) is 24.7 Å². The van der Waals surface area contributed by atoms with Crippen LogP contribution in [0.1, 0.15) is 13.8 Å². The first-order chi connectivity index (χ1) is 7.93. The smallest absolute Gasteiger partial charge is 0.128 e. The third-order valence-electron chi connectivity index (χ3n) is 2.50. The first-order valence-electron chi connectivity index (χ1n) is 5.96. The summed E-state index contributed by atoms with van der Waals surface area (Å²) in [6.07, 6.45) is 0. The number of anilines is 2. The standard InChI is InChI=1S/C13H24N4/c1-13(2,10-17(4)5)9-15-12-8-6-7-11(14-3)16-12/h6-8H,9-10H2,1-5H3,(H2,14,15,16). The average Bonchev–Trinajstić information content (AvgIpc) is 2.25. The van der Waals surface area contributed by atoms with E-state index in [9.17, 15) is 0 Å². The number of nitrogens with zero attached hydrogens (tertiary/aromatic N) is 2. The van der Waals surface area contributed by atoms with Gasteiger partial charge >= 0.3 is 0 Å². The van der Waals surface area contributed by atoms with Crippen LogP contribution in [-0.4, -0.2) is 44.1 Å². The Balaban J connectivity index is 2.54. The van der Waals surface area contributed by atoms with E-state index in [0.29, 0.717) is 0 Å². The molecule has 1 heterocycles. The lowest BCUT2D eigenvalue weighted by Gasteiger charge is -2.28. The Morgan fingerprint density at radius 3 is 2.47 bits per heavy atom. The lowest BCUT2D eigenvalue weighted by Crippen LogP contribution is -2.34. The Morgan fingerprint density at radius 2 is 1.88 bits per heavy atom. The molecule has 0 radical (unpaired) electrons. The summed E-state index contributed by atoms with van der Waals surface area (Å²) in [6.45, 7) is 6.46. The fourth-order valence-electron chi connectivity index (χ4n) is 1.91. The van der Waals surface area contributed by atoms with Gasteiger partial charge in [0.1, 0.15) is 11.6 Å². The first-order valence-corrected chi connectivity index (χ1v) is 5.96. The molecule has 2 N–H and O–H groups in total. The summed E-state index contributed by atoms with van der Waals surface area (Å²) in [5.41, 5.74) is 0.223. The van der Waals surface area contributed by atoms with Crippen LogP contribution in [-0.2, 0) is 0 Å². The van der Waals surface area contributed by atoms with Crippen LogP contribution in [0.25, 0.3) is 0 Å². The first kappa shape index (κ1) is 13.8. The Morgan fingerprint density at radius 1 is 1.24 bits per heavy atom. The molecule has 96 valence electrons. The van der Waals surface area contributed by atoms with Gasteiger partial charge in [-0.1, -0.05) is 19.9 Å². The summed E-state index contributed by atoms with van der Waals surface area (Å²) in [5.74, 6) is 1.81. The van der Waals surface area contributed by atoms with E-state index in [1.54, 1.807) is 0 Å². The molecule has 0 unspecified atom stereocenters. The van der Waals surface area contributed by atoms with Crippen molar-refractivity contribution in [1.82, 2.24) is 9.88 Å². The topological polar surface area (TPSA) is 40.2 Å². The highest BCUT2D eigenvalue weighted by molar-refractivity contribution is 5.44. The summed E-state index contributed by atoms with van der Waals surface area (Å²) in [7, 11) is 6.07. The van der Waals surface area contributed by atoms with Gasteiger partial charge in [-0.3, -0.25) is 0 Å². The van der Waals surface area contributed by atoms with Gasteiger partial charge in [0.2, 0.25) is 0 Å². The predicted molar refractivity (Wildman–Crippen MR) is 74.6 cm³/mol. The fraction of sp³-hybridized carbons (Fsp3) is 0.615. The van der Waals surface area contributed by atoms with Crippen LogP contribution in [0.15, 0.2) is 18.2 Å². The van der Waals surface area contributed by atoms with E-state index < -0.39 is 0 Å². The molecule has 0 fully saturated rings. The summed E-state index contributed by atoms with van der Waals surface area (Å²) in [5, 5.41) is 6.42. The monoisotopic (exact) mass is 236 g/mol. The molecule has 1 aromatic rings. The molecule has 17 heavy (non-hydrogen) atoms. The van der Waals surface area contributed by atoms with E-state index in [2.05, 4.69) is 48.5 Å². The van der Waals surface area contributed by atoms with Gasteiger partial charge in [-0.05, 0) is 31.6 Å². The molecule has 1 rings (SSSR count). The molecule has 0 aliphatic carbocycles. The molecule has 4 nitrogen and oxygen atoms in total. The van der Waals surface area contributed by atoms with Gasteiger partial charge in [0, 0.05) is 20.1 Å². The maximum absolute atomic E-state index is 4.44. The third-order valence-corrected chi connectivity index (χ3v) is 2.50. The zero-order valence-corrected chi connectivity index (χ0v) is 11.5. The normalized spacial score (nSPS) is 11.6. The SMILES string of the molecule is CNc1cccc(NCC(C)(C)CN(C)C)n1. The highest BCUT2D eigenvalue weighted by Crippen LogP contribution is 2.17. The third kappa shape index (κ3) is 5.04. The van der Waals surface area contributed by atoms with Gasteiger partial charge in [0.05, 0.1) is 0 Å². The predicted octanol–water partition coefficient (Wildman–Crippen LogP) is 2.12. The van der Waals surface area contributed by atoms with Crippen molar-refractivity contribution in [2.75, 3.05) is 44.9 Å². The van der Waals surface area contributed by atoms with Crippen molar-refractivity contribution in [1.29, 1.82) is 0 Å². The maximum Gasteiger partial charge on any atom is 0.128 e. The van der Waals surface area contributed by atoms with E-state index in [-0.39, 0.29) is 5.41 Å². The molecule has 0 spiro atoms. The van der Waals surface area contributed by atoms with Crippen LogP contribution in [0, 0.1) is 5.41 Å². The van der Waals surface area contributed by atoms with Gasteiger partial charge < -0.3 is 15.5 Å². The minimum atomic E-state index is 0.223. The molecule has 0 aromatic carbocycles. The fourth-order valence-corrected chi connectivity index (χ4v) is 1.91. The molecule has 0 atom stereocenters. The van der Waals surface area contributed by atoms with Crippen molar-refractivity contribution in [3.63, 3.8) is 0 Å². The number of hydrogen-bond donors (Lipinski definition) is 2. The van der Waals surface area contributed by atoms with Crippen LogP contribution in [0.5, 0.6) is 0 Å². The second-order valence-electron chi connectivity index (χ2n) is 5.41. The van der Waals surface area contributed by atoms with Gasteiger partial charge in [-0.2, -0.15) is 0 Å². The van der Waals surface area contributed by atoms with Gasteiger partial charge in [0.25, 0.3) is 0 Å². The van der Waals surface area contributed by atoms with Crippen molar-refractivity contribution in [3.05, 3.63) is 18.2 Å². The molecule has 0 aliphatic rings. The van der Waals surface area contributed by atoms with Crippen LogP contribution >= 0.6 is 0 Å². The van der Waals surface area contributed by atoms with Gasteiger partial charge in [0.15, 0.2) is 0 Å². The molecule has 0 saturated heterocycles. The second-order valence-corrected chi connectivity index (χ2v) is 5.41. The molecule has 0 saturated carbocycles. The van der Waals surface area contributed by atoms with Crippen molar-refractivity contribution < 1.29 is 0 Å². The highest BCUT2D eigenvalue weighted by atomic mass is 15.1. The maximum atomic E-state index is 4.44. The van der Waals surface area contributed by atoms with Crippen LogP contribution < -0.4 is 10.6 Å². The Kier molecular flexibility index (Phi) is 4.75. The number of rotatable bonds is 6. The van der Waals surface area contributed by atoms with Crippen LogP contribution in [0.3, 0.4) is 0 Å². The number of nitrogens with one attached hydrogen (secondary N) is 2. The molecule has 0 bridgehead atoms. The number of aromatic nitrogens is 1. The van der Waals surface area contributed by atoms with Crippen LogP contribution in [0.2, 0.25) is 0 Å². The molecular formula is C13H24N4. The van der Waals surface area contributed by atoms with Gasteiger partial charge in [-0.15, -0.1) is 0 Å². The summed E-state index contributed by atoms with van der Waals surface area (Å²) >= 11 is 0. The molecular weight excluding hydrogens is 212 g/mol. The lowest BCUT2D eigenvalue weighted by molar-refractivity contribution is 0.254. The van der Waals surface area contributed by atoms with Crippen molar-refractivity contribution in [2.24, 2.45) is 5.41 Å². The minimum absolute atomic E-state index is 0.223. The average molecular weight is 236 g/mol. The molecule has 0 aliphatic heterocycles. The van der Waals surface area contributed by atoms with Crippen LogP contribution in [0.4, 0.5) is 11.6 Å². The van der Waals surface area contributed by atoms with Gasteiger partial charge in [-0.25, -0.2) is 4.98 Å². The Labute approximate surface area is 104 Å². The number of hydrogen-bond acceptors (Lipinski definition) is 4. The Hall–Kier alpha value is -1.29. The second kappa shape index (κ2) is 5.87. The molecule has 4 heteroatoms. The molecule has 0 amide bonds. The quantitative estimate of drug-likeness (QED) is 0.794. The van der Waals surface area contributed by atoms with E-state index in [1.807, 2.05) is 25.2 Å². The largest absolute Gasteiger partial charge is 0.373 e. The summed E-state index contributed by atoms with van der Waals surface area (Å²) in [6, 6.07) is 5.95. The summed E-state index contributed by atoms with van der Waals surface area (Å²) < 4.78 is 0. The lowest BCUT2D eigenvalue weighted by atomic mass is 9.93. The Bertz CT molecular complexity index is 347. The summed E-state index contributed by atoms with van der Waals surface area (Å²) in [4.78, 5) is 6.65. The minimum Gasteiger partial charge on any atom is -0.373 e. The zero-order chi connectivity index (χ0) is 12.9. The zero-order valence-electron chi connectivity index (χ0n) is 11.5. The molecule has 1 aromatic heterocycles. The van der Waals surface area contributed by atoms with Crippen molar-refractivity contribution in [2.45, 2.75) is 13.8 Å². The van der Waals surface area contributed by atoms with E-state index in [1.165, 1.54) is 0 Å².